The van der Waals surface area contributed by atoms with E-state index >= 15 is 0 Å². The van der Waals surface area contributed by atoms with Crippen molar-refractivity contribution in [1.29, 1.82) is 0 Å². The van der Waals surface area contributed by atoms with E-state index in [1.807, 2.05) is 30.9 Å². The Hall–Kier alpha value is -2.47. The van der Waals surface area contributed by atoms with E-state index in [0.29, 0.717) is 5.95 Å². The first kappa shape index (κ1) is 17.4. The highest BCUT2D eigenvalue weighted by atomic mass is 16.3. The summed E-state index contributed by atoms with van der Waals surface area (Å²) in [6.07, 6.45) is 1.81. The molecular formula is C19H25N5O. The normalized spacial score (nSPS) is 12.8. The summed E-state index contributed by atoms with van der Waals surface area (Å²) in [6.45, 7) is 8.25. The molecule has 0 spiro atoms. The Kier molecular flexibility index (Phi) is 4.72. The number of hydrogen-bond acceptors (Lipinski definition) is 5. The molecular weight excluding hydrogens is 314 g/mol. The third kappa shape index (κ3) is 3.35. The summed E-state index contributed by atoms with van der Waals surface area (Å²) in [6, 6.07) is 6.12. The van der Waals surface area contributed by atoms with Gasteiger partial charge in [0.25, 0.3) is 0 Å². The summed E-state index contributed by atoms with van der Waals surface area (Å²) >= 11 is 0. The highest BCUT2D eigenvalue weighted by Crippen LogP contribution is 2.29. The van der Waals surface area contributed by atoms with Crippen LogP contribution in [0.25, 0.3) is 22.0 Å². The van der Waals surface area contributed by atoms with E-state index in [1.165, 1.54) is 0 Å². The zero-order chi connectivity index (χ0) is 18.1. The highest BCUT2D eigenvalue weighted by molar-refractivity contribution is 5.85. The number of aliphatic hydroxyl groups is 1. The number of anilines is 1. The molecule has 2 heterocycles. The molecule has 1 aromatic carbocycles. The van der Waals surface area contributed by atoms with Crippen LogP contribution >= 0.6 is 0 Å². The van der Waals surface area contributed by atoms with Crippen LogP contribution in [0.1, 0.15) is 25.2 Å². The van der Waals surface area contributed by atoms with Crippen LogP contribution in [-0.2, 0) is 7.05 Å². The Morgan fingerprint density at radius 2 is 2.00 bits per heavy atom. The van der Waals surface area contributed by atoms with E-state index in [1.54, 1.807) is 0 Å². The summed E-state index contributed by atoms with van der Waals surface area (Å²) in [5.41, 5.74) is 5.25. The SMILES string of the molecule is Cc1nn(C)c(C)c1-c1ccc2cnc(N[C@@H](CO)C(C)C)nc2c1. The van der Waals surface area contributed by atoms with Crippen LogP contribution < -0.4 is 5.32 Å². The molecule has 0 fully saturated rings. The zero-order valence-corrected chi connectivity index (χ0v) is 15.4. The molecule has 132 valence electrons. The Labute approximate surface area is 147 Å². The highest BCUT2D eigenvalue weighted by Gasteiger charge is 2.15. The Morgan fingerprint density at radius 1 is 1.24 bits per heavy atom. The zero-order valence-electron chi connectivity index (χ0n) is 15.4. The Bertz CT molecular complexity index is 900. The number of aryl methyl sites for hydroxylation is 2. The third-order valence-corrected chi connectivity index (χ3v) is 4.70. The molecule has 3 rings (SSSR count). The van der Waals surface area contributed by atoms with Gasteiger partial charge in [0.05, 0.1) is 23.9 Å². The van der Waals surface area contributed by atoms with Crippen molar-refractivity contribution >= 4 is 16.9 Å². The van der Waals surface area contributed by atoms with Crippen molar-refractivity contribution in [2.75, 3.05) is 11.9 Å². The molecule has 25 heavy (non-hydrogen) atoms. The van der Waals surface area contributed by atoms with Crippen molar-refractivity contribution in [1.82, 2.24) is 19.7 Å². The topological polar surface area (TPSA) is 75.9 Å². The fourth-order valence-electron chi connectivity index (χ4n) is 3.03. The standard InChI is InChI=1S/C19H25N5O/c1-11(2)17(10-25)22-19-20-9-15-7-6-14(8-16(15)21-19)18-12(3)23-24(5)13(18)4/h6-9,11,17,25H,10H2,1-5H3,(H,20,21,22)/t17-/m0/s1. The van der Waals surface area contributed by atoms with E-state index in [2.05, 4.69) is 53.3 Å². The molecule has 6 heteroatoms. The second kappa shape index (κ2) is 6.80. The lowest BCUT2D eigenvalue weighted by Crippen LogP contribution is -2.30. The summed E-state index contributed by atoms with van der Waals surface area (Å²) < 4.78 is 1.90. The van der Waals surface area contributed by atoms with Crippen molar-refractivity contribution in [3.05, 3.63) is 35.8 Å². The molecule has 0 aliphatic rings. The van der Waals surface area contributed by atoms with Gasteiger partial charge in [0.1, 0.15) is 0 Å². The molecule has 0 saturated carbocycles. The second-order valence-electron chi connectivity index (χ2n) is 6.81. The first-order valence-corrected chi connectivity index (χ1v) is 8.55. The Balaban J connectivity index is 2.01. The van der Waals surface area contributed by atoms with Crippen LogP contribution in [0.2, 0.25) is 0 Å². The quantitative estimate of drug-likeness (QED) is 0.747. The number of benzene rings is 1. The van der Waals surface area contributed by atoms with Crippen molar-refractivity contribution < 1.29 is 5.11 Å². The fraction of sp³-hybridized carbons (Fsp3) is 0.421. The van der Waals surface area contributed by atoms with Gasteiger partial charge in [0.15, 0.2) is 0 Å². The number of fused-ring (bicyclic) bond motifs is 1. The predicted molar refractivity (Wildman–Crippen MR) is 101 cm³/mol. The van der Waals surface area contributed by atoms with E-state index in [-0.39, 0.29) is 18.6 Å². The largest absolute Gasteiger partial charge is 0.394 e. The van der Waals surface area contributed by atoms with Crippen molar-refractivity contribution in [3.63, 3.8) is 0 Å². The van der Waals surface area contributed by atoms with Gasteiger partial charge in [-0.25, -0.2) is 9.97 Å². The maximum atomic E-state index is 9.50. The summed E-state index contributed by atoms with van der Waals surface area (Å²) in [4.78, 5) is 9.01. The van der Waals surface area contributed by atoms with Crippen LogP contribution in [0.4, 0.5) is 5.95 Å². The molecule has 0 bridgehead atoms. The second-order valence-corrected chi connectivity index (χ2v) is 6.81. The average Bonchev–Trinajstić information content (AvgIpc) is 2.84. The minimum atomic E-state index is -0.0663. The van der Waals surface area contributed by atoms with Gasteiger partial charge in [-0.05, 0) is 31.4 Å². The molecule has 2 aromatic heterocycles. The molecule has 1 atom stereocenters. The summed E-state index contributed by atoms with van der Waals surface area (Å²) in [7, 11) is 1.96. The minimum absolute atomic E-state index is 0.0488. The van der Waals surface area contributed by atoms with Crippen LogP contribution in [-0.4, -0.2) is 37.5 Å². The number of nitrogens with one attached hydrogen (secondary N) is 1. The van der Waals surface area contributed by atoms with Gasteiger partial charge in [-0.2, -0.15) is 5.10 Å². The number of nitrogens with zero attached hydrogens (tertiary/aromatic N) is 4. The van der Waals surface area contributed by atoms with Gasteiger partial charge < -0.3 is 10.4 Å². The fourth-order valence-corrected chi connectivity index (χ4v) is 3.03. The number of aliphatic hydroxyl groups excluding tert-OH is 1. The van der Waals surface area contributed by atoms with E-state index in [9.17, 15) is 5.11 Å². The van der Waals surface area contributed by atoms with Gasteiger partial charge in [-0.15, -0.1) is 0 Å². The molecule has 0 aliphatic carbocycles. The van der Waals surface area contributed by atoms with Crippen LogP contribution in [0.15, 0.2) is 24.4 Å². The smallest absolute Gasteiger partial charge is 0.223 e. The average molecular weight is 339 g/mol. The molecule has 0 radical (unpaired) electrons. The van der Waals surface area contributed by atoms with Crippen molar-refractivity contribution in [2.45, 2.75) is 33.7 Å². The van der Waals surface area contributed by atoms with Gasteiger partial charge in [0, 0.05) is 29.9 Å². The first-order chi connectivity index (χ1) is 11.9. The lowest BCUT2D eigenvalue weighted by Gasteiger charge is -2.19. The first-order valence-electron chi connectivity index (χ1n) is 8.55. The summed E-state index contributed by atoms with van der Waals surface area (Å²) in [5, 5.41) is 18.2. The molecule has 0 unspecified atom stereocenters. The van der Waals surface area contributed by atoms with Gasteiger partial charge in [0.2, 0.25) is 5.95 Å². The maximum Gasteiger partial charge on any atom is 0.223 e. The predicted octanol–water partition coefficient (Wildman–Crippen LogP) is 3.08. The van der Waals surface area contributed by atoms with Gasteiger partial charge in [-0.3, -0.25) is 4.68 Å². The molecule has 0 amide bonds. The lowest BCUT2D eigenvalue weighted by atomic mass is 10.0. The molecule has 0 saturated heterocycles. The van der Waals surface area contributed by atoms with Crippen LogP contribution in [0.3, 0.4) is 0 Å². The van der Waals surface area contributed by atoms with Gasteiger partial charge in [-0.1, -0.05) is 26.0 Å². The lowest BCUT2D eigenvalue weighted by molar-refractivity contribution is 0.248. The molecule has 2 N–H and O–H groups in total. The van der Waals surface area contributed by atoms with E-state index in [4.69, 9.17) is 0 Å². The molecule has 0 aliphatic heterocycles. The van der Waals surface area contributed by atoms with E-state index in [0.717, 1.165) is 33.4 Å². The maximum absolute atomic E-state index is 9.50. The molecule has 6 nitrogen and oxygen atoms in total. The van der Waals surface area contributed by atoms with Gasteiger partial charge >= 0.3 is 0 Å². The van der Waals surface area contributed by atoms with Crippen molar-refractivity contribution in [2.24, 2.45) is 13.0 Å². The van der Waals surface area contributed by atoms with Crippen LogP contribution in [0, 0.1) is 19.8 Å². The number of rotatable bonds is 5. The minimum Gasteiger partial charge on any atom is -0.394 e. The van der Waals surface area contributed by atoms with Crippen molar-refractivity contribution in [3.8, 4) is 11.1 Å². The Morgan fingerprint density at radius 3 is 2.60 bits per heavy atom. The third-order valence-electron chi connectivity index (χ3n) is 4.70. The van der Waals surface area contributed by atoms with Crippen LogP contribution in [0.5, 0.6) is 0 Å². The molecule has 3 aromatic rings. The number of aromatic nitrogens is 4. The van der Waals surface area contributed by atoms with E-state index < -0.39 is 0 Å². The monoisotopic (exact) mass is 339 g/mol. The summed E-state index contributed by atoms with van der Waals surface area (Å²) in [5.74, 6) is 0.827. The number of hydrogen-bond donors (Lipinski definition) is 2.